The quantitative estimate of drug-likeness (QED) is 0.458. The summed E-state index contributed by atoms with van der Waals surface area (Å²) in [5.41, 5.74) is 2.83. The standard InChI is InChI=1S/C23H22N4O2S2/c1-15(28)16-4-6-17(7-5-16)27-10-8-26(9-11-27)13-20-24-22(29)21-18(14-31-23(21)25-20)19-3-2-12-30-19/h2-7,12,14H,8-11,13H2,1H3,(H,24,25,29)/p+1. The van der Waals surface area contributed by atoms with Crippen LogP contribution in [-0.4, -0.2) is 41.9 Å². The maximum atomic E-state index is 12.8. The predicted molar refractivity (Wildman–Crippen MR) is 127 cm³/mol. The summed E-state index contributed by atoms with van der Waals surface area (Å²) in [5.74, 6) is 0.846. The Labute approximate surface area is 187 Å². The zero-order chi connectivity index (χ0) is 21.4. The molecule has 2 N–H and O–H groups in total. The van der Waals surface area contributed by atoms with Crippen molar-refractivity contribution in [3.63, 3.8) is 0 Å². The number of benzene rings is 1. The van der Waals surface area contributed by atoms with E-state index < -0.39 is 0 Å². The van der Waals surface area contributed by atoms with E-state index in [9.17, 15) is 9.59 Å². The lowest BCUT2D eigenvalue weighted by Gasteiger charge is -2.33. The van der Waals surface area contributed by atoms with Crippen molar-refractivity contribution in [2.45, 2.75) is 13.5 Å². The number of fused-ring (bicyclic) bond motifs is 1. The molecule has 0 spiro atoms. The van der Waals surface area contributed by atoms with E-state index in [0.29, 0.717) is 11.9 Å². The summed E-state index contributed by atoms with van der Waals surface area (Å²) in [6.45, 7) is 6.12. The number of rotatable bonds is 5. The number of hydrogen-bond donors (Lipinski definition) is 2. The Balaban J connectivity index is 1.27. The Hall–Kier alpha value is -2.81. The lowest BCUT2D eigenvalue weighted by molar-refractivity contribution is -0.915. The first-order chi connectivity index (χ1) is 15.1. The van der Waals surface area contributed by atoms with Gasteiger partial charge in [-0.15, -0.1) is 22.7 Å². The molecule has 4 heterocycles. The van der Waals surface area contributed by atoms with E-state index in [0.717, 1.165) is 58.5 Å². The van der Waals surface area contributed by atoms with Crippen molar-refractivity contribution in [2.24, 2.45) is 0 Å². The van der Waals surface area contributed by atoms with E-state index in [4.69, 9.17) is 4.98 Å². The molecule has 0 aliphatic carbocycles. The van der Waals surface area contributed by atoms with Crippen molar-refractivity contribution in [2.75, 3.05) is 31.1 Å². The second-order valence-electron chi connectivity index (χ2n) is 7.84. The molecule has 31 heavy (non-hydrogen) atoms. The van der Waals surface area contributed by atoms with Gasteiger partial charge in [-0.05, 0) is 42.6 Å². The molecular weight excluding hydrogens is 428 g/mol. The maximum Gasteiger partial charge on any atom is 0.260 e. The van der Waals surface area contributed by atoms with Crippen LogP contribution in [0.3, 0.4) is 0 Å². The van der Waals surface area contributed by atoms with Gasteiger partial charge in [-0.2, -0.15) is 0 Å². The number of nitrogens with one attached hydrogen (secondary N) is 2. The number of anilines is 1. The number of ketones is 1. The van der Waals surface area contributed by atoms with Crippen LogP contribution in [0, 0.1) is 0 Å². The number of Topliss-reactive ketones (excluding diaryl/α,β-unsaturated/α-hetero) is 1. The van der Waals surface area contributed by atoms with Crippen molar-refractivity contribution in [1.82, 2.24) is 9.97 Å². The van der Waals surface area contributed by atoms with Gasteiger partial charge in [0.05, 0.1) is 31.6 Å². The molecule has 1 saturated heterocycles. The summed E-state index contributed by atoms with van der Waals surface area (Å²) in [6, 6.07) is 11.9. The molecule has 1 aliphatic rings. The number of nitrogens with zero attached hydrogens (tertiary/aromatic N) is 2. The van der Waals surface area contributed by atoms with E-state index in [1.54, 1.807) is 18.3 Å². The van der Waals surface area contributed by atoms with E-state index >= 15 is 0 Å². The monoisotopic (exact) mass is 451 g/mol. The van der Waals surface area contributed by atoms with Gasteiger partial charge in [0.25, 0.3) is 5.56 Å². The van der Waals surface area contributed by atoms with Crippen molar-refractivity contribution in [3.8, 4) is 10.4 Å². The number of quaternary nitrogens is 1. The number of piperazine rings is 1. The van der Waals surface area contributed by atoms with Gasteiger partial charge in [0, 0.05) is 27.1 Å². The Bertz CT molecular complexity index is 1270. The SMILES string of the molecule is CC(=O)c1ccc(N2CC[NH+](Cc3nc4scc(-c5cccs5)c4c(=O)[nH]3)CC2)cc1. The van der Waals surface area contributed by atoms with Gasteiger partial charge in [0.2, 0.25) is 0 Å². The fourth-order valence-corrected chi connectivity index (χ4v) is 5.87. The summed E-state index contributed by atoms with van der Waals surface area (Å²) >= 11 is 3.18. The summed E-state index contributed by atoms with van der Waals surface area (Å²) in [7, 11) is 0. The average Bonchev–Trinajstić information content (AvgIpc) is 3.44. The molecule has 0 unspecified atom stereocenters. The zero-order valence-corrected chi connectivity index (χ0v) is 18.8. The van der Waals surface area contributed by atoms with E-state index in [1.807, 2.05) is 47.2 Å². The van der Waals surface area contributed by atoms with Crippen LogP contribution in [0.15, 0.2) is 52.0 Å². The summed E-state index contributed by atoms with van der Waals surface area (Å²) in [4.78, 5) is 37.7. The van der Waals surface area contributed by atoms with E-state index in [2.05, 4.69) is 9.88 Å². The highest BCUT2D eigenvalue weighted by molar-refractivity contribution is 7.18. The topological polar surface area (TPSA) is 70.5 Å². The minimum atomic E-state index is -0.0479. The smallest absolute Gasteiger partial charge is 0.260 e. The Morgan fingerprint density at radius 1 is 1.16 bits per heavy atom. The van der Waals surface area contributed by atoms with Crippen LogP contribution in [0.5, 0.6) is 0 Å². The van der Waals surface area contributed by atoms with Crippen LogP contribution in [0.25, 0.3) is 20.7 Å². The number of hydrogen-bond acceptors (Lipinski definition) is 6. The minimum absolute atomic E-state index is 0.0479. The predicted octanol–water partition coefficient (Wildman–Crippen LogP) is 2.82. The highest BCUT2D eigenvalue weighted by atomic mass is 32.1. The minimum Gasteiger partial charge on any atom is -0.360 e. The van der Waals surface area contributed by atoms with Crippen LogP contribution >= 0.6 is 22.7 Å². The highest BCUT2D eigenvalue weighted by Crippen LogP contribution is 2.33. The van der Waals surface area contributed by atoms with Gasteiger partial charge in [-0.25, -0.2) is 4.98 Å². The Morgan fingerprint density at radius 3 is 2.61 bits per heavy atom. The molecule has 0 radical (unpaired) electrons. The van der Waals surface area contributed by atoms with Gasteiger partial charge in [-0.1, -0.05) is 6.07 Å². The summed E-state index contributed by atoms with van der Waals surface area (Å²) in [6.07, 6.45) is 0. The molecule has 0 bridgehead atoms. The Kier molecular flexibility index (Phi) is 5.43. The second kappa shape index (κ2) is 8.37. The van der Waals surface area contributed by atoms with Crippen molar-refractivity contribution in [1.29, 1.82) is 0 Å². The largest absolute Gasteiger partial charge is 0.360 e. The van der Waals surface area contributed by atoms with Crippen LogP contribution < -0.4 is 15.4 Å². The third-order valence-corrected chi connectivity index (χ3v) is 7.58. The summed E-state index contributed by atoms with van der Waals surface area (Å²) < 4.78 is 0. The fourth-order valence-electron chi connectivity index (χ4n) is 4.09. The third kappa shape index (κ3) is 4.06. The number of carbonyl (C=O) groups excluding carboxylic acids is 1. The Morgan fingerprint density at radius 2 is 1.94 bits per heavy atom. The number of aromatic nitrogens is 2. The molecule has 6 nitrogen and oxygen atoms in total. The van der Waals surface area contributed by atoms with Gasteiger partial charge in [-0.3, -0.25) is 9.59 Å². The molecule has 1 fully saturated rings. The van der Waals surface area contributed by atoms with Gasteiger partial charge in [0.1, 0.15) is 11.4 Å². The molecule has 158 valence electrons. The van der Waals surface area contributed by atoms with Crippen molar-refractivity contribution >= 4 is 44.4 Å². The van der Waals surface area contributed by atoms with Gasteiger partial charge >= 0.3 is 0 Å². The van der Waals surface area contributed by atoms with Crippen LogP contribution in [-0.2, 0) is 6.54 Å². The molecule has 1 aliphatic heterocycles. The van der Waals surface area contributed by atoms with Crippen LogP contribution in [0.4, 0.5) is 5.69 Å². The molecule has 0 saturated carbocycles. The van der Waals surface area contributed by atoms with Gasteiger partial charge in [0.15, 0.2) is 11.6 Å². The van der Waals surface area contributed by atoms with E-state index in [1.165, 1.54) is 16.2 Å². The molecule has 1 aromatic carbocycles. The first kappa shape index (κ1) is 20.1. The van der Waals surface area contributed by atoms with Gasteiger partial charge < -0.3 is 14.8 Å². The first-order valence-electron chi connectivity index (χ1n) is 10.3. The molecular formula is C23H23N4O2S2+. The van der Waals surface area contributed by atoms with E-state index in [-0.39, 0.29) is 11.3 Å². The lowest BCUT2D eigenvalue weighted by atomic mass is 10.1. The molecule has 0 atom stereocenters. The molecule has 8 heteroatoms. The average molecular weight is 452 g/mol. The number of thiophene rings is 2. The van der Waals surface area contributed by atoms with Crippen molar-refractivity contribution < 1.29 is 9.69 Å². The molecule has 3 aromatic heterocycles. The number of aromatic amines is 1. The number of H-pyrrole nitrogens is 1. The van der Waals surface area contributed by atoms with Crippen molar-refractivity contribution in [3.05, 3.63) is 68.9 Å². The molecule has 0 amide bonds. The first-order valence-corrected chi connectivity index (χ1v) is 12.1. The number of carbonyl (C=O) groups is 1. The second-order valence-corrected chi connectivity index (χ2v) is 9.64. The highest BCUT2D eigenvalue weighted by Gasteiger charge is 2.22. The van der Waals surface area contributed by atoms with Crippen LogP contribution in [0.1, 0.15) is 23.1 Å². The lowest BCUT2D eigenvalue weighted by Crippen LogP contribution is -3.13. The molecule has 5 rings (SSSR count). The fraction of sp³-hybridized carbons (Fsp3) is 0.261. The van der Waals surface area contributed by atoms with Crippen LogP contribution in [0.2, 0.25) is 0 Å². The normalized spacial score (nSPS) is 14.9. The maximum absolute atomic E-state index is 12.8. The molecule has 4 aromatic rings. The summed E-state index contributed by atoms with van der Waals surface area (Å²) in [5, 5.41) is 4.76. The third-order valence-electron chi connectivity index (χ3n) is 5.81. The zero-order valence-electron chi connectivity index (χ0n) is 17.2.